The molecule has 1 fully saturated rings. The van der Waals surface area contributed by atoms with Crippen molar-refractivity contribution >= 4 is 24.6 Å². The van der Waals surface area contributed by atoms with Gasteiger partial charge in [0.1, 0.15) is 0 Å². The number of halogens is 3. The van der Waals surface area contributed by atoms with E-state index in [9.17, 15) is 22.8 Å². The molecule has 2 atom stereocenters. The van der Waals surface area contributed by atoms with Gasteiger partial charge in [0.25, 0.3) is 5.91 Å². The SMILES string of the molecule is CCCC(CS)CN1C(=O)NC(C)(C(F)(F)F)C1=O. The third kappa shape index (κ3) is 2.98. The molecule has 8 heteroatoms. The van der Waals surface area contributed by atoms with Crippen LogP contribution in [0.1, 0.15) is 26.7 Å². The molecule has 0 saturated carbocycles. The van der Waals surface area contributed by atoms with Gasteiger partial charge in [-0.05, 0) is 25.0 Å². The van der Waals surface area contributed by atoms with Crippen molar-refractivity contribution in [2.75, 3.05) is 12.3 Å². The Hall–Kier alpha value is -0.920. The average Bonchev–Trinajstić information content (AvgIpc) is 2.52. The Kier molecular flexibility index (Phi) is 4.76. The summed E-state index contributed by atoms with van der Waals surface area (Å²) >= 11 is 4.09. The van der Waals surface area contributed by atoms with Crippen molar-refractivity contribution in [3.8, 4) is 0 Å². The Balaban J connectivity index is 2.88. The standard InChI is InChI=1S/C11H17F3N2O2S/c1-3-4-7(6-19)5-16-8(17)10(2,11(12,13)14)15-9(16)18/h7,19H,3-6H2,1-2H3,(H,15,18). The van der Waals surface area contributed by atoms with Crippen LogP contribution < -0.4 is 5.32 Å². The lowest BCUT2D eigenvalue weighted by molar-refractivity contribution is -0.191. The van der Waals surface area contributed by atoms with E-state index in [-0.39, 0.29) is 12.5 Å². The number of imide groups is 1. The number of nitrogens with one attached hydrogen (secondary N) is 1. The molecule has 0 aromatic carbocycles. The summed E-state index contributed by atoms with van der Waals surface area (Å²) in [5.74, 6) is -0.931. The van der Waals surface area contributed by atoms with Crippen molar-refractivity contribution in [1.82, 2.24) is 10.2 Å². The van der Waals surface area contributed by atoms with E-state index < -0.39 is 23.7 Å². The second-order valence-corrected chi connectivity index (χ2v) is 5.17. The Labute approximate surface area is 115 Å². The smallest absolute Gasteiger partial charge is 0.316 e. The van der Waals surface area contributed by atoms with E-state index in [1.54, 1.807) is 5.32 Å². The van der Waals surface area contributed by atoms with Gasteiger partial charge in [0.2, 0.25) is 5.54 Å². The molecule has 1 aliphatic rings. The number of nitrogens with zero attached hydrogens (tertiary/aromatic N) is 1. The summed E-state index contributed by atoms with van der Waals surface area (Å²) in [5, 5.41) is 1.73. The van der Waals surface area contributed by atoms with E-state index in [1.165, 1.54) is 0 Å². The van der Waals surface area contributed by atoms with Crippen molar-refractivity contribution in [3.63, 3.8) is 0 Å². The molecule has 1 aliphatic heterocycles. The first-order chi connectivity index (χ1) is 8.67. The highest BCUT2D eigenvalue weighted by Crippen LogP contribution is 2.35. The highest BCUT2D eigenvalue weighted by Gasteiger charge is 2.64. The van der Waals surface area contributed by atoms with Crippen LogP contribution in [-0.4, -0.2) is 40.9 Å². The predicted octanol–water partition coefficient (Wildman–Crippen LogP) is 2.21. The maximum absolute atomic E-state index is 12.8. The van der Waals surface area contributed by atoms with Gasteiger partial charge in [-0.1, -0.05) is 13.3 Å². The summed E-state index contributed by atoms with van der Waals surface area (Å²) in [7, 11) is 0. The Morgan fingerprint density at radius 2 is 2.00 bits per heavy atom. The quantitative estimate of drug-likeness (QED) is 0.604. The Morgan fingerprint density at radius 3 is 2.37 bits per heavy atom. The van der Waals surface area contributed by atoms with Crippen molar-refractivity contribution < 1.29 is 22.8 Å². The molecule has 0 aromatic heterocycles. The van der Waals surface area contributed by atoms with Crippen LogP contribution >= 0.6 is 12.6 Å². The molecule has 19 heavy (non-hydrogen) atoms. The van der Waals surface area contributed by atoms with E-state index in [0.29, 0.717) is 24.0 Å². The number of urea groups is 1. The average molecular weight is 298 g/mol. The van der Waals surface area contributed by atoms with Crippen LogP contribution in [0.3, 0.4) is 0 Å². The van der Waals surface area contributed by atoms with Crippen molar-refractivity contribution in [3.05, 3.63) is 0 Å². The van der Waals surface area contributed by atoms with E-state index in [4.69, 9.17) is 0 Å². The monoisotopic (exact) mass is 298 g/mol. The lowest BCUT2D eigenvalue weighted by atomic mass is 10.0. The van der Waals surface area contributed by atoms with Gasteiger partial charge in [-0.25, -0.2) is 4.79 Å². The van der Waals surface area contributed by atoms with Gasteiger partial charge in [-0.15, -0.1) is 0 Å². The molecule has 4 nitrogen and oxygen atoms in total. The zero-order chi connectivity index (χ0) is 14.8. The minimum Gasteiger partial charge on any atom is -0.316 e. The summed E-state index contributed by atoms with van der Waals surface area (Å²) in [4.78, 5) is 24.1. The minimum absolute atomic E-state index is 0.0341. The summed E-state index contributed by atoms with van der Waals surface area (Å²) in [6.45, 7) is 2.57. The first-order valence-corrected chi connectivity index (χ1v) is 6.62. The number of hydrogen-bond donors (Lipinski definition) is 2. The summed E-state index contributed by atoms with van der Waals surface area (Å²) < 4.78 is 38.5. The maximum Gasteiger partial charge on any atom is 0.420 e. The molecule has 0 aliphatic carbocycles. The molecule has 1 saturated heterocycles. The summed E-state index contributed by atoms with van der Waals surface area (Å²) in [6, 6.07) is -0.993. The number of hydrogen-bond acceptors (Lipinski definition) is 3. The normalized spacial score (nSPS) is 25.7. The minimum atomic E-state index is -4.81. The van der Waals surface area contributed by atoms with Crippen LogP contribution in [0.4, 0.5) is 18.0 Å². The number of alkyl halides is 3. The van der Waals surface area contributed by atoms with Crippen molar-refractivity contribution in [2.45, 2.75) is 38.4 Å². The van der Waals surface area contributed by atoms with E-state index >= 15 is 0 Å². The second-order valence-electron chi connectivity index (χ2n) is 4.81. The fourth-order valence-corrected chi connectivity index (χ4v) is 2.26. The van der Waals surface area contributed by atoms with Gasteiger partial charge >= 0.3 is 12.2 Å². The molecule has 0 aromatic rings. The molecular formula is C11H17F3N2O2S. The van der Waals surface area contributed by atoms with Crippen molar-refractivity contribution in [1.29, 1.82) is 0 Å². The molecule has 110 valence electrons. The van der Waals surface area contributed by atoms with Gasteiger partial charge < -0.3 is 5.32 Å². The maximum atomic E-state index is 12.8. The highest BCUT2D eigenvalue weighted by molar-refractivity contribution is 7.80. The lowest BCUT2D eigenvalue weighted by Crippen LogP contribution is -2.56. The number of carbonyl (C=O) groups excluding carboxylic acids is 2. The fourth-order valence-electron chi connectivity index (χ4n) is 1.96. The van der Waals surface area contributed by atoms with Crippen molar-refractivity contribution in [2.24, 2.45) is 5.92 Å². The first-order valence-electron chi connectivity index (χ1n) is 5.99. The van der Waals surface area contributed by atoms with Crippen LogP contribution in [0.5, 0.6) is 0 Å². The van der Waals surface area contributed by atoms with Gasteiger partial charge in [-0.3, -0.25) is 9.69 Å². The summed E-state index contributed by atoms with van der Waals surface area (Å²) in [6.07, 6.45) is -3.30. The molecule has 1 N–H and O–H groups in total. The van der Waals surface area contributed by atoms with Crippen LogP contribution in [-0.2, 0) is 4.79 Å². The molecule has 1 heterocycles. The van der Waals surface area contributed by atoms with Gasteiger partial charge in [0, 0.05) is 6.54 Å². The molecule has 0 radical (unpaired) electrons. The molecule has 2 unspecified atom stereocenters. The van der Waals surface area contributed by atoms with E-state index in [2.05, 4.69) is 12.6 Å². The van der Waals surface area contributed by atoms with E-state index in [0.717, 1.165) is 6.42 Å². The van der Waals surface area contributed by atoms with Crippen LogP contribution in [0.15, 0.2) is 0 Å². The number of rotatable bonds is 5. The number of amides is 3. The summed E-state index contributed by atoms with van der Waals surface area (Å²) in [5.41, 5.74) is -2.82. The molecule has 0 bridgehead atoms. The topological polar surface area (TPSA) is 49.4 Å². The molecule has 3 amide bonds. The van der Waals surface area contributed by atoms with Gasteiger partial charge in [-0.2, -0.15) is 25.8 Å². The molecule has 0 spiro atoms. The van der Waals surface area contributed by atoms with Crippen LogP contribution in [0.25, 0.3) is 0 Å². The lowest BCUT2D eigenvalue weighted by Gasteiger charge is -2.25. The van der Waals surface area contributed by atoms with Crippen LogP contribution in [0.2, 0.25) is 0 Å². The number of thiol groups is 1. The zero-order valence-corrected chi connectivity index (χ0v) is 11.6. The Morgan fingerprint density at radius 1 is 1.42 bits per heavy atom. The Bertz CT molecular complexity index is 375. The third-order valence-corrected chi connectivity index (χ3v) is 3.75. The van der Waals surface area contributed by atoms with Gasteiger partial charge in [0.05, 0.1) is 0 Å². The first kappa shape index (κ1) is 16.1. The van der Waals surface area contributed by atoms with Gasteiger partial charge in [0.15, 0.2) is 0 Å². The zero-order valence-electron chi connectivity index (χ0n) is 10.8. The number of carbonyl (C=O) groups is 2. The molecule has 1 rings (SSSR count). The fraction of sp³-hybridized carbons (Fsp3) is 0.818. The largest absolute Gasteiger partial charge is 0.420 e. The predicted molar refractivity (Wildman–Crippen MR) is 67.0 cm³/mol. The highest BCUT2D eigenvalue weighted by atomic mass is 32.1. The van der Waals surface area contributed by atoms with E-state index in [1.807, 2.05) is 6.92 Å². The van der Waals surface area contributed by atoms with Crippen LogP contribution in [0, 0.1) is 5.92 Å². The molecular weight excluding hydrogens is 281 g/mol. The third-order valence-electron chi connectivity index (χ3n) is 3.24. The second kappa shape index (κ2) is 5.60.